The molecule has 0 saturated carbocycles. The van der Waals surface area contributed by atoms with Crippen molar-refractivity contribution in [2.24, 2.45) is 5.92 Å². The van der Waals surface area contributed by atoms with Gasteiger partial charge in [0, 0.05) is 12.3 Å². The summed E-state index contributed by atoms with van der Waals surface area (Å²) in [5.74, 6) is 0.0617. The fourth-order valence-corrected chi connectivity index (χ4v) is 2.52. The van der Waals surface area contributed by atoms with Crippen LogP contribution in [0.25, 0.3) is 0 Å². The summed E-state index contributed by atoms with van der Waals surface area (Å²) in [6.45, 7) is 6.12. The van der Waals surface area contributed by atoms with Crippen molar-refractivity contribution in [1.29, 1.82) is 0 Å². The molecule has 0 heterocycles. The molecule has 1 unspecified atom stereocenters. The van der Waals surface area contributed by atoms with Crippen LogP contribution in [-0.4, -0.2) is 20.7 Å². The Morgan fingerprint density at radius 1 is 1.28 bits per heavy atom. The number of rotatable bonds is 5. The summed E-state index contributed by atoms with van der Waals surface area (Å²) in [5, 5.41) is 3.01. The lowest BCUT2D eigenvalue weighted by Crippen LogP contribution is -2.18. The highest BCUT2D eigenvalue weighted by molar-refractivity contribution is 7.90. The average Bonchev–Trinajstić information content (AvgIpc) is 2.18. The van der Waals surface area contributed by atoms with Crippen molar-refractivity contribution in [2.75, 3.05) is 11.6 Å². The molecule has 1 aromatic carbocycles. The van der Waals surface area contributed by atoms with Crippen LogP contribution < -0.4 is 5.32 Å². The predicted octanol–water partition coefficient (Wildman–Crippen LogP) is 3.08. The molecule has 0 spiro atoms. The van der Waals surface area contributed by atoms with E-state index in [4.69, 9.17) is 0 Å². The highest BCUT2D eigenvalue weighted by Crippen LogP contribution is 2.21. The molecule has 1 aromatic rings. The van der Waals surface area contributed by atoms with Crippen molar-refractivity contribution < 1.29 is 12.8 Å². The Bertz CT molecular complexity index is 512. The molecule has 0 radical (unpaired) electrons. The maximum atomic E-state index is 13.6. The topological polar surface area (TPSA) is 46.2 Å². The minimum absolute atomic E-state index is 0.0920. The van der Waals surface area contributed by atoms with Crippen molar-refractivity contribution in [3.63, 3.8) is 0 Å². The molecule has 5 heteroatoms. The van der Waals surface area contributed by atoms with E-state index in [1.165, 1.54) is 18.2 Å². The van der Waals surface area contributed by atoms with Crippen molar-refractivity contribution in [3.05, 3.63) is 24.0 Å². The maximum Gasteiger partial charge on any atom is 0.175 e. The minimum atomic E-state index is -3.31. The van der Waals surface area contributed by atoms with Crippen LogP contribution in [0.5, 0.6) is 0 Å². The van der Waals surface area contributed by atoms with Gasteiger partial charge < -0.3 is 5.32 Å². The largest absolute Gasteiger partial charge is 0.380 e. The summed E-state index contributed by atoms with van der Waals surface area (Å²) in [6.07, 6.45) is 2.00. The first-order valence-corrected chi connectivity index (χ1v) is 7.85. The Labute approximate surface area is 108 Å². The second kappa shape index (κ2) is 5.69. The van der Waals surface area contributed by atoms with Gasteiger partial charge in [0.15, 0.2) is 9.84 Å². The molecular weight excluding hydrogens is 253 g/mol. The molecule has 0 aromatic heterocycles. The quantitative estimate of drug-likeness (QED) is 0.839. The molecule has 0 saturated heterocycles. The summed E-state index contributed by atoms with van der Waals surface area (Å²) in [4.78, 5) is 0.128. The van der Waals surface area contributed by atoms with Crippen molar-refractivity contribution in [1.82, 2.24) is 0 Å². The summed E-state index contributed by atoms with van der Waals surface area (Å²) in [6, 6.07) is 3.90. The average molecular weight is 273 g/mol. The molecule has 102 valence electrons. The molecule has 1 atom stereocenters. The minimum Gasteiger partial charge on any atom is -0.380 e. The van der Waals surface area contributed by atoms with Gasteiger partial charge >= 0.3 is 0 Å². The molecule has 0 amide bonds. The van der Waals surface area contributed by atoms with Crippen LogP contribution in [0.15, 0.2) is 23.1 Å². The second-order valence-electron chi connectivity index (χ2n) is 5.09. The zero-order valence-electron chi connectivity index (χ0n) is 11.2. The van der Waals surface area contributed by atoms with E-state index in [0.29, 0.717) is 5.92 Å². The third kappa shape index (κ3) is 4.29. The van der Waals surface area contributed by atoms with Gasteiger partial charge in [0.2, 0.25) is 0 Å². The van der Waals surface area contributed by atoms with Gasteiger partial charge in [0.1, 0.15) is 5.82 Å². The van der Waals surface area contributed by atoms with E-state index in [2.05, 4.69) is 19.2 Å². The Balaban J connectivity index is 2.95. The van der Waals surface area contributed by atoms with Crippen LogP contribution in [0.2, 0.25) is 0 Å². The smallest absolute Gasteiger partial charge is 0.175 e. The third-order valence-corrected chi connectivity index (χ3v) is 3.70. The van der Waals surface area contributed by atoms with E-state index >= 15 is 0 Å². The normalized spacial score (nSPS) is 13.7. The van der Waals surface area contributed by atoms with Crippen molar-refractivity contribution in [3.8, 4) is 0 Å². The van der Waals surface area contributed by atoms with Gasteiger partial charge in [0.25, 0.3) is 0 Å². The van der Waals surface area contributed by atoms with E-state index in [-0.39, 0.29) is 16.6 Å². The maximum absolute atomic E-state index is 13.6. The van der Waals surface area contributed by atoms with Gasteiger partial charge in [-0.05, 0) is 37.5 Å². The molecule has 0 fully saturated rings. The zero-order chi connectivity index (χ0) is 13.9. The number of halogens is 1. The number of hydrogen-bond donors (Lipinski definition) is 1. The van der Waals surface area contributed by atoms with Gasteiger partial charge in [-0.3, -0.25) is 0 Å². The van der Waals surface area contributed by atoms with Gasteiger partial charge in [0.05, 0.1) is 10.6 Å². The Morgan fingerprint density at radius 3 is 2.39 bits per heavy atom. The number of sulfone groups is 1. The van der Waals surface area contributed by atoms with Crippen LogP contribution in [0.3, 0.4) is 0 Å². The molecular formula is C13H20FNO2S. The Hall–Kier alpha value is -1.10. The van der Waals surface area contributed by atoms with E-state index in [0.717, 1.165) is 12.7 Å². The summed E-state index contributed by atoms with van der Waals surface area (Å²) in [7, 11) is -3.31. The van der Waals surface area contributed by atoms with Crippen molar-refractivity contribution in [2.45, 2.75) is 38.1 Å². The number of benzene rings is 1. The number of hydrogen-bond acceptors (Lipinski definition) is 3. The van der Waals surface area contributed by atoms with Crippen LogP contribution in [0, 0.1) is 11.7 Å². The van der Waals surface area contributed by atoms with Gasteiger partial charge in [-0.15, -0.1) is 0 Å². The zero-order valence-corrected chi connectivity index (χ0v) is 12.0. The second-order valence-corrected chi connectivity index (χ2v) is 7.10. The van der Waals surface area contributed by atoms with Crippen molar-refractivity contribution >= 4 is 15.5 Å². The molecule has 3 nitrogen and oxygen atoms in total. The molecule has 1 rings (SSSR count). The molecule has 18 heavy (non-hydrogen) atoms. The number of nitrogens with one attached hydrogen (secondary N) is 1. The SMILES string of the molecule is CC(C)CC(C)Nc1cc(S(C)(=O)=O)ccc1F. The first kappa shape index (κ1) is 15.0. The lowest BCUT2D eigenvalue weighted by molar-refractivity contribution is 0.535. The first-order chi connectivity index (χ1) is 8.20. The Morgan fingerprint density at radius 2 is 1.89 bits per heavy atom. The van der Waals surface area contributed by atoms with Crippen LogP contribution in [0.1, 0.15) is 27.2 Å². The molecule has 0 bridgehead atoms. The van der Waals surface area contributed by atoms with Crippen LogP contribution in [-0.2, 0) is 9.84 Å². The molecule has 0 aliphatic rings. The van der Waals surface area contributed by atoms with Crippen LogP contribution in [0.4, 0.5) is 10.1 Å². The lowest BCUT2D eigenvalue weighted by Gasteiger charge is -2.18. The van der Waals surface area contributed by atoms with E-state index in [1.807, 2.05) is 6.92 Å². The molecule has 1 N–H and O–H groups in total. The molecule has 0 aliphatic carbocycles. The fourth-order valence-electron chi connectivity index (χ4n) is 1.88. The number of anilines is 1. The molecule has 0 aliphatic heterocycles. The van der Waals surface area contributed by atoms with Gasteiger partial charge in [-0.2, -0.15) is 0 Å². The van der Waals surface area contributed by atoms with Gasteiger partial charge in [-0.25, -0.2) is 12.8 Å². The van der Waals surface area contributed by atoms with E-state index in [9.17, 15) is 12.8 Å². The highest BCUT2D eigenvalue weighted by Gasteiger charge is 2.13. The monoisotopic (exact) mass is 273 g/mol. The first-order valence-electron chi connectivity index (χ1n) is 5.96. The van der Waals surface area contributed by atoms with Gasteiger partial charge in [-0.1, -0.05) is 13.8 Å². The lowest BCUT2D eigenvalue weighted by atomic mass is 10.1. The summed E-state index contributed by atoms with van der Waals surface area (Å²) < 4.78 is 36.4. The Kier molecular flexibility index (Phi) is 4.73. The van der Waals surface area contributed by atoms with E-state index in [1.54, 1.807) is 0 Å². The highest BCUT2D eigenvalue weighted by atomic mass is 32.2. The fraction of sp³-hybridized carbons (Fsp3) is 0.538. The summed E-state index contributed by atoms with van der Waals surface area (Å²) in [5.41, 5.74) is 0.242. The third-order valence-electron chi connectivity index (χ3n) is 2.59. The predicted molar refractivity (Wildman–Crippen MR) is 72.0 cm³/mol. The standard InChI is InChI=1S/C13H20FNO2S/c1-9(2)7-10(3)15-13-8-11(18(4,16)17)5-6-12(13)14/h5-6,8-10,15H,7H2,1-4H3. The summed E-state index contributed by atoms with van der Waals surface area (Å²) >= 11 is 0. The van der Waals surface area contributed by atoms with Crippen LogP contribution >= 0.6 is 0 Å². The van der Waals surface area contributed by atoms with E-state index < -0.39 is 15.7 Å².